The summed E-state index contributed by atoms with van der Waals surface area (Å²) >= 11 is 6.04. The number of guanidine groups is 1. The van der Waals surface area contributed by atoms with E-state index in [2.05, 4.69) is 20.9 Å². The molecule has 1 aromatic rings. The van der Waals surface area contributed by atoms with Gasteiger partial charge in [0.25, 0.3) is 0 Å². The maximum absolute atomic E-state index is 11.9. The second-order valence-corrected chi connectivity index (χ2v) is 7.09. The van der Waals surface area contributed by atoms with Crippen LogP contribution < -0.4 is 16.0 Å². The zero-order chi connectivity index (χ0) is 18.9. The molecule has 0 saturated carbocycles. The van der Waals surface area contributed by atoms with Crippen LogP contribution in [0.4, 0.5) is 0 Å². The van der Waals surface area contributed by atoms with Crippen molar-refractivity contribution in [1.29, 1.82) is 0 Å². The van der Waals surface area contributed by atoms with E-state index >= 15 is 0 Å². The summed E-state index contributed by atoms with van der Waals surface area (Å²) in [5.74, 6) is 0.443. The minimum absolute atomic E-state index is 0. The Kier molecular flexibility index (Phi) is 11.8. The van der Waals surface area contributed by atoms with Gasteiger partial charge in [-0.3, -0.25) is 4.79 Å². The third kappa shape index (κ3) is 10.2. The molecule has 1 aromatic carbocycles. The van der Waals surface area contributed by atoms with Gasteiger partial charge in [-0.05, 0) is 45.4 Å². The van der Waals surface area contributed by atoms with Crippen LogP contribution in [0.2, 0.25) is 5.02 Å². The molecule has 1 unspecified atom stereocenters. The normalized spacial score (nSPS) is 12.8. The summed E-state index contributed by atoms with van der Waals surface area (Å²) in [6.45, 7) is 9.04. The fraction of sp³-hybridized carbons (Fsp3) is 0.556. The molecule has 0 aliphatic carbocycles. The third-order valence-corrected chi connectivity index (χ3v) is 3.43. The SMILES string of the molecule is CCNC(=NCC(=O)NC(C)(C)C)NCC(OC)c1cccc(Cl)c1.I. The summed E-state index contributed by atoms with van der Waals surface area (Å²) in [6, 6.07) is 7.55. The van der Waals surface area contributed by atoms with Crippen LogP contribution in [0.5, 0.6) is 0 Å². The van der Waals surface area contributed by atoms with E-state index in [-0.39, 0.29) is 48.1 Å². The van der Waals surface area contributed by atoms with Crippen molar-refractivity contribution in [3.8, 4) is 0 Å². The van der Waals surface area contributed by atoms with Crippen molar-refractivity contribution >= 4 is 47.4 Å². The summed E-state index contributed by atoms with van der Waals surface area (Å²) in [5, 5.41) is 9.87. The van der Waals surface area contributed by atoms with E-state index in [1.54, 1.807) is 7.11 Å². The highest BCUT2D eigenvalue weighted by Crippen LogP contribution is 2.19. The molecule has 1 rings (SSSR count). The van der Waals surface area contributed by atoms with E-state index in [4.69, 9.17) is 16.3 Å². The number of rotatable bonds is 7. The number of nitrogens with one attached hydrogen (secondary N) is 3. The van der Waals surface area contributed by atoms with Crippen LogP contribution in [0, 0.1) is 0 Å². The highest BCUT2D eigenvalue weighted by molar-refractivity contribution is 14.0. The van der Waals surface area contributed by atoms with Gasteiger partial charge in [-0.15, -0.1) is 24.0 Å². The second-order valence-electron chi connectivity index (χ2n) is 6.65. The molecule has 0 radical (unpaired) electrons. The van der Waals surface area contributed by atoms with E-state index in [1.165, 1.54) is 0 Å². The molecule has 0 heterocycles. The predicted octanol–water partition coefficient (Wildman–Crippen LogP) is 3.12. The van der Waals surface area contributed by atoms with Gasteiger partial charge in [0, 0.05) is 30.8 Å². The minimum Gasteiger partial charge on any atom is -0.375 e. The fourth-order valence-corrected chi connectivity index (χ4v) is 2.38. The lowest BCUT2D eigenvalue weighted by Gasteiger charge is -2.20. The number of aliphatic imine (C=N–C) groups is 1. The summed E-state index contributed by atoms with van der Waals surface area (Å²) in [7, 11) is 1.65. The maximum Gasteiger partial charge on any atom is 0.242 e. The molecule has 1 atom stereocenters. The lowest BCUT2D eigenvalue weighted by Crippen LogP contribution is -2.43. The quantitative estimate of drug-likeness (QED) is 0.308. The molecule has 0 aliphatic heterocycles. The van der Waals surface area contributed by atoms with Gasteiger partial charge in [0.15, 0.2) is 5.96 Å². The van der Waals surface area contributed by atoms with Gasteiger partial charge in [-0.2, -0.15) is 0 Å². The number of benzene rings is 1. The molecule has 1 amide bonds. The second kappa shape index (κ2) is 12.3. The Labute approximate surface area is 178 Å². The first-order chi connectivity index (χ1) is 11.7. The number of ether oxygens (including phenoxy) is 1. The van der Waals surface area contributed by atoms with Crippen LogP contribution in [0.15, 0.2) is 29.3 Å². The smallest absolute Gasteiger partial charge is 0.242 e. The lowest BCUT2D eigenvalue weighted by molar-refractivity contribution is -0.121. The van der Waals surface area contributed by atoms with Crippen molar-refractivity contribution in [3.63, 3.8) is 0 Å². The Bertz CT molecular complexity index is 591. The Morgan fingerprint density at radius 2 is 2.00 bits per heavy atom. The number of amides is 1. The fourth-order valence-electron chi connectivity index (χ4n) is 2.18. The molecule has 148 valence electrons. The molecule has 8 heteroatoms. The summed E-state index contributed by atoms with van der Waals surface area (Å²) in [4.78, 5) is 16.2. The zero-order valence-electron chi connectivity index (χ0n) is 16.1. The van der Waals surface area contributed by atoms with Crippen LogP contribution >= 0.6 is 35.6 Å². The van der Waals surface area contributed by atoms with Crippen LogP contribution in [0.1, 0.15) is 39.4 Å². The van der Waals surface area contributed by atoms with E-state index in [0.29, 0.717) is 24.1 Å². The first kappa shape index (κ1) is 24.9. The maximum atomic E-state index is 11.9. The van der Waals surface area contributed by atoms with Gasteiger partial charge in [-0.25, -0.2) is 4.99 Å². The van der Waals surface area contributed by atoms with E-state index in [1.807, 2.05) is 52.0 Å². The Hall–Kier alpha value is -1.06. The van der Waals surface area contributed by atoms with Gasteiger partial charge < -0.3 is 20.7 Å². The Morgan fingerprint density at radius 1 is 1.31 bits per heavy atom. The highest BCUT2D eigenvalue weighted by Gasteiger charge is 2.14. The summed E-state index contributed by atoms with van der Waals surface area (Å²) in [5.41, 5.74) is 0.704. The van der Waals surface area contributed by atoms with Gasteiger partial charge in [0.1, 0.15) is 6.54 Å². The number of hydrogen-bond acceptors (Lipinski definition) is 3. The average Bonchev–Trinajstić information content (AvgIpc) is 2.51. The molecule has 0 saturated heterocycles. The summed E-state index contributed by atoms with van der Waals surface area (Å²) in [6.07, 6.45) is -0.175. The van der Waals surface area contributed by atoms with E-state index < -0.39 is 0 Å². The Balaban J connectivity index is 0.00000625. The standard InChI is InChI=1S/C18H29ClN4O2.HI/c1-6-20-17(22-12-16(24)23-18(2,3)4)21-11-15(25-5)13-8-7-9-14(19)10-13;/h7-10,15H,6,11-12H2,1-5H3,(H,23,24)(H2,20,21,22);1H. The third-order valence-electron chi connectivity index (χ3n) is 3.20. The molecular formula is C18H30ClIN4O2. The zero-order valence-corrected chi connectivity index (χ0v) is 19.1. The van der Waals surface area contributed by atoms with E-state index in [9.17, 15) is 4.79 Å². The monoisotopic (exact) mass is 496 g/mol. The van der Waals surface area contributed by atoms with Gasteiger partial charge in [-0.1, -0.05) is 23.7 Å². The van der Waals surface area contributed by atoms with Crippen molar-refractivity contribution in [3.05, 3.63) is 34.9 Å². The molecule has 0 spiro atoms. The van der Waals surface area contributed by atoms with Gasteiger partial charge in [0.2, 0.25) is 5.91 Å². The van der Waals surface area contributed by atoms with Crippen molar-refractivity contribution in [2.45, 2.75) is 39.3 Å². The van der Waals surface area contributed by atoms with Crippen molar-refractivity contribution in [2.24, 2.45) is 4.99 Å². The first-order valence-electron chi connectivity index (χ1n) is 8.36. The molecule has 0 aliphatic rings. The number of methoxy groups -OCH3 is 1. The molecular weight excluding hydrogens is 467 g/mol. The molecule has 0 bridgehead atoms. The van der Waals surface area contributed by atoms with Crippen molar-refractivity contribution in [1.82, 2.24) is 16.0 Å². The molecule has 3 N–H and O–H groups in total. The van der Waals surface area contributed by atoms with E-state index in [0.717, 1.165) is 5.56 Å². The number of halogens is 2. The highest BCUT2D eigenvalue weighted by atomic mass is 127. The molecule has 26 heavy (non-hydrogen) atoms. The van der Waals surface area contributed by atoms with Crippen LogP contribution in [-0.2, 0) is 9.53 Å². The van der Waals surface area contributed by atoms with Crippen LogP contribution in [0.3, 0.4) is 0 Å². The molecule has 0 fully saturated rings. The number of carbonyl (C=O) groups excluding carboxylic acids is 1. The number of nitrogens with zero attached hydrogens (tertiary/aromatic N) is 1. The minimum atomic E-state index is -0.272. The van der Waals surface area contributed by atoms with Crippen molar-refractivity contribution < 1.29 is 9.53 Å². The number of carbonyl (C=O) groups is 1. The molecule has 6 nitrogen and oxygen atoms in total. The number of hydrogen-bond donors (Lipinski definition) is 3. The lowest BCUT2D eigenvalue weighted by atomic mass is 10.1. The average molecular weight is 497 g/mol. The largest absolute Gasteiger partial charge is 0.375 e. The topological polar surface area (TPSA) is 74.8 Å². The van der Waals surface area contributed by atoms with Gasteiger partial charge >= 0.3 is 0 Å². The Morgan fingerprint density at radius 3 is 2.54 bits per heavy atom. The van der Waals surface area contributed by atoms with Crippen LogP contribution in [0.25, 0.3) is 0 Å². The van der Waals surface area contributed by atoms with Gasteiger partial charge in [0.05, 0.1) is 6.10 Å². The molecule has 0 aromatic heterocycles. The van der Waals surface area contributed by atoms with Crippen molar-refractivity contribution in [2.75, 3.05) is 26.7 Å². The van der Waals surface area contributed by atoms with Crippen LogP contribution in [-0.4, -0.2) is 44.1 Å². The first-order valence-corrected chi connectivity index (χ1v) is 8.74. The summed E-state index contributed by atoms with van der Waals surface area (Å²) < 4.78 is 5.53. The predicted molar refractivity (Wildman–Crippen MR) is 118 cm³/mol.